The molecular formula is C23H31N3O3S. The molecule has 2 aromatic carbocycles. The number of nitrogens with zero attached hydrogens (tertiary/aromatic N) is 2. The summed E-state index contributed by atoms with van der Waals surface area (Å²) in [6.07, 6.45) is 5.24. The predicted molar refractivity (Wildman–Crippen MR) is 119 cm³/mol. The molecule has 2 aromatic rings. The highest BCUT2D eigenvalue weighted by Crippen LogP contribution is 2.15. The number of carbonyl (C=O) groups is 1. The fourth-order valence-corrected chi connectivity index (χ4v) is 4.49. The van der Waals surface area contributed by atoms with Gasteiger partial charge in [-0.05, 0) is 61.3 Å². The van der Waals surface area contributed by atoms with Crippen molar-refractivity contribution in [1.29, 1.82) is 0 Å². The zero-order chi connectivity index (χ0) is 21.6. The second-order valence-electron chi connectivity index (χ2n) is 8.00. The van der Waals surface area contributed by atoms with E-state index in [4.69, 9.17) is 0 Å². The van der Waals surface area contributed by atoms with E-state index in [1.165, 1.54) is 82.7 Å². The highest BCUT2D eigenvalue weighted by Gasteiger charge is 2.17. The first-order chi connectivity index (χ1) is 14.4. The summed E-state index contributed by atoms with van der Waals surface area (Å²) in [4.78, 5) is 15.1. The molecule has 6 nitrogen and oxygen atoms in total. The van der Waals surface area contributed by atoms with Crippen LogP contribution in [0.25, 0.3) is 0 Å². The number of nitrogens with one attached hydrogen (secondary N) is 1. The Bertz CT molecular complexity index is 931. The van der Waals surface area contributed by atoms with E-state index >= 15 is 0 Å². The average Bonchev–Trinajstić information content (AvgIpc) is 3.01. The van der Waals surface area contributed by atoms with Gasteiger partial charge in [-0.2, -0.15) is 0 Å². The van der Waals surface area contributed by atoms with E-state index in [0.29, 0.717) is 12.1 Å². The molecule has 0 unspecified atom stereocenters. The molecule has 30 heavy (non-hydrogen) atoms. The van der Waals surface area contributed by atoms with Crippen LogP contribution in [0.3, 0.4) is 0 Å². The number of rotatable bonds is 7. The Hall–Kier alpha value is -2.22. The van der Waals surface area contributed by atoms with E-state index < -0.39 is 10.0 Å². The Labute approximate surface area is 179 Å². The molecule has 1 aliphatic heterocycles. The highest BCUT2D eigenvalue weighted by molar-refractivity contribution is 7.89. The SMILES string of the molecule is CN(C)S(=O)(=O)c1ccc(C(=O)NCc2ccc(CN3CCCCCC3)cc2)cc1. The molecule has 3 rings (SSSR count). The van der Waals surface area contributed by atoms with Gasteiger partial charge in [-0.25, -0.2) is 12.7 Å². The molecule has 0 bridgehead atoms. The van der Waals surface area contributed by atoms with Gasteiger partial charge in [0.15, 0.2) is 0 Å². The summed E-state index contributed by atoms with van der Waals surface area (Å²) in [5, 5.41) is 2.90. The van der Waals surface area contributed by atoms with Gasteiger partial charge in [0.05, 0.1) is 4.90 Å². The zero-order valence-electron chi connectivity index (χ0n) is 17.8. The largest absolute Gasteiger partial charge is 0.348 e. The van der Waals surface area contributed by atoms with Crippen LogP contribution in [0.1, 0.15) is 47.2 Å². The molecule has 1 N–H and O–H groups in total. The molecule has 0 aromatic heterocycles. The van der Waals surface area contributed by atoms with E-state index in [-0.39, 0.29) is 10.8 Å². The van der Waals surface area contributed by atoms with Crippen LogP contribution in [0.4, 0.5) is 0 Å². The summed E-state index contributed by atoms with van der Waals surface area (Å²) < 4.78 is 25.4. The molecule has 162 valence electrons. The Kier molecular flexibility index (Phi) is 7.64. The summed E-state index contributed by atoms with van der Waals surface area (Å²) in [6.45, 7) is 3.76. The van der Waals surface area contributed by atoms with Gasteiger partial charge in [0.25, 0.3) is 5.91 Å². The third-order valence-corrected chi connectivity index (χ3v) is 7.31. The van der Waals surface area contributed by atoms with E-state index in [1.807, 2.05) is 0 Å². The number of amides is 1. The minimum atomic E-state index is -3.49. The molecule has 0 aliphatic carbocycles. The van der Waals surface area contributed by atoms with Crippen molar-refractivity contribution >= 4 is 15.9 Å². The maximum Gasteiger partial charge on any atom is 0.251 e. The number of carbonyl (C=O) groups excluding carboxylic acids is 1. The highest BCUT2D eigenvalue weighted by atomic mass is 32.2. The summed E-state index contributed by atoms with van der Waals surface area (Å²) >= 11 is 0. The maximum atomic E-state index is 12.4. The van der Waals surface area contributed by atoms with Crippen molar-refractivity contribution < 1.29 is 13.2 Å². The van der Waals surface area contributed by atoms with Gasteiger partial charge in [0.1, 0.15) is 0 Å². The monoisotopic (exact) mass is 429 g/mol. The van der Waals surface area contributed by atoms with Crippen molar-refractivity contribution in [2.45, 2.75) is 43.7 Å². The van der Waals surface area contributed by atoms with Crippen molar-refractivity contribution in [2.75, 3.05) is 27.2 Å². The van der Waals surface area contributed by atoms with Gasteiger partial charge in [0.2, 0.25) is 10.0 Å². The molecule has 7 heteroatoms. The normalized spacial score (nSPS) is 15.7. The molecule has 1 fully saturated rings. The Morgan fingerprint density at radius 3 is 2.03 bits per heavy atom. The minimum Gasteiger partial charge on any atom is -0.348 e. The lowest BCUT2D eigenvalue weighted by molar-refractivity contribution is 0.0951. The maximum absolute atomic E-state index is 12.4. The van der Waals surface area contributed by atoms with Gasteiger partial charge in [-0.1, -0.05) is 37.1 Å². The third kappa shape index (κ3) is 5.90. The van der Waals surface area contributed by atoms with E-state index in [0.717, 1.165) is 16.4 Å². The van der Waals surface area contributed by atoms with E-state index in [2.05, 4.69) is 34.5 Å². The molecule has 1 aliphatic rings. The van der Waals surface area contributed by atoms with Gasteiger partial charge < -0.3 is 5.32 Å². The summed E-state index contributed by atoms with van der Waals surface area (Å²) in [7, 11) is -0.531. The van der Waals surface area contributed by atoms with Gasteiger partial charge >= 0.3 is 0 Å². The fourth-order valence-electron chi connectivity index (χ4n) is 3.59. The van der Waals surface area contributed by atoms with Gasteiger partial charge in [0, 0.05) is 32.7 Å². The standard InChI is InChI=1S/C23H31N3O3S/c1-25(2)30(28,29)22-13-11-21(12-14-22)23(27)24-17-19-7-9-20(10-8-19)18-26-15-5-3-4-6-16-26/h7-14H,3-6,15-18H2,1-2H3,(H,24,27). The lowest BCUT2D eigenvalue weighted by Crippen LogP contribution is -2.24. The minimum absolute atomic E-state index is 0.170. The van der Waals surface area contributed by atoms with Crippen LogP contribution in [0.15, 0.2) is 53.4 Å². The first-order valence-electron chi connectivity index (χ1n) is 10.5. The molecule has 0 saturated carbocycles. The van der Waals surface area contributed by atoms with Crippen LogP contribution in [0.5, 0.6) is 0 Å². The smallest absolute Gasteiger partial charge is 0.251 e. The second-order valence-corrected chi connectivity index (χ2v) is 10.2. The number of sulfonamides is 1. The summed E-state index contributed by atoms with van der Waals surface area (Å²) in [6, 6.07) is 14.4. The Balaban J connectivity index is 1.53. The molecular weight excluding hydrogens is 398 g/mol. The number of benzene rings is 2. The van der Waals surface area contributed by atoms with E-state index in [1.54, 1.807) is 0 Å². The Morgan fingerprint density at radius 1 is 0.900 bits per heavy atom. The molecule has 1 amide bonds. The van der Waals surface area contributed by atoms with Crippen molar-refractivity contribution in [2.24, 2.45) is 0 Å². The van der Waals surface area contributed by atoms with Crippen LogP contribution < -0.4 is 5.32 Å². The van der Waals surface area contributed by atoms with Gasteiger partial charge in [-0.3, -0.25) is 9.69 Å². The van der Waals surface area contributed by atoms with Crippen molar-refractivity contribution in [3.05, 3.63) is 65.2 Å². The van der Waals surface area contributed by atoms with Gasteiger partial charge in [-0.15, -0.1) is 0 Å². The number of hydrogen-bond donors (Lipinski definition) is 1. The van der Waals surface area contributed by atoms with Crippen LogP contribution in [0.2, 0.25) is 0 Å². The van der Waals surface area contributed by atoms with Crippen LogP contribution in [-0.4, -0.2) is 50.7 Å². The molecule has 0 spiro atoms. The topological polar surface area (TPSA) is 69.7 Å². The first-order valence-corrected chi connectivity index (χ1v) is 11.9. The van der Waals surface area contributed by atoms with Crippen LogP contribution in [0, 0.1) is 0 Å². The zero-order valence-corrected chi connectivity index (χ0v) is 18.6. The quantitative estimate of drug-likeness (QED) is 0.734. The summed E-state index contributed by atoms with van der Waals surface area (Å²) in [5.41, 5.74) is 2.77. The van der Waals surface area contributed by atoms with Crippen molar-refractivity contribution in [3.8, 4) is 0 Å². The molecule has 1 heterocycles. The molecule has 0 atom stereocenters. The fraction of sp³-hybridized carbons (Fsp3) is 0.435. The lowest BCUT2D eigenvalue weighted by atomic mass is 10.1. The van der Waals surface area contributed by atoms with E-state index in [9.17, 15) is 13.2 Å². The lowest BCUT2D eigenvalue weighted by Gasteiger charge is -2.19. The predicted octanol–water partition coefficient (Wildman–Crippen LogP) is 3.24. The average molecular weight is 430 g/mol. The second kappa shape index (κ2) is 10.2. The van der Waals surface area contributed by atoms with Crippen molar-refractivity contribution in [1.82, 2.24) is 14.5 Å². The molecule has 1 saturated heterocycles. The van der Waals surface area contributed by atoms with Crippen LogP contribution in [-0.2, 0) is 23.1 Å². The first kappa shape index (κ1) is 22.5. The van der Waals surface area contributed by atoms with Crippen molar-refractivity contribution in [3.63, 3.8) is 0 Å². The summed E-state index contributed by atoms with van der Waals surface area (Å²) in [5.74, 6) is -0.225. The van der Waals surface area contributed by atoms with Crippen LogP contribution >= 0.6 is 0 Å². The number of likely N-dealkylation sites (tertiary alicyclic amines) is 1. The number of hydrogen-bond acceptors (Lipinski definition) is 4. The molecule has 0 radical (unpaired) electrons. The Morgan fingerprint density at radius 2 is 1.47 bits per heavy atom. The third-order valence-electron chi connectivity index (χ3n) is 5.48.